The third-order valence-electron chi connectivity index (χ3n) is 7.29. The molecule has 2 fully saturated rings. The fourth-order valence-corrected chi connectivity index (χ4v) is 5.44. The Labute approximate surface area is 194 Å². The summed E-state index contributed by atoms with van der Waals surface area (Å²) in [6.45, 7) is 3.68. The molecule has 1 saturated heterocycles. The molecule has 1 aliphatic heterocycles. The van der Waals surface area contributed by atoms with E-state index in [1.165, 1.54) is 29.8 Å². The molecule has 33 heavy (non-hydrogen) atoms. The number of amides is 1. The lowest BCUT2D eigenvalue weighted by Crippen LogP contribution is -2.47. The lowest BCUT2D eigenvalue weighted by Gasteiger charge is -2.33. The van der Waals surface area contributed by atoms with Crippen LogP contribution in [0.4, 0.5) is 4.39 Å². The standard InChI is InChI=1S/C28H29FN2O2/c1-30(17-24-25-18-31(19-26(24)25)16-20-8-4-2-5-9-20)27(32)28(33,21-10-6-3-7-11-21)22-12-14-23(29)15-13-22/h2-15,24-26,33H,16-19H2,1H3. The number of carbonyl (C=O) groups excluding carboxylic acids is 1. The van der Waals surface area contributed by atoms with Crippen LogP contribution in [0.1, 0.15) is 16.7 Å². The van der Waals surface area contributed by atoms with Gasteiger partial charge in [0.1, 0.15) is 5.82 Å². The van der Waals surface area contributed by atoms with Gasteiger partial charge >= 0.3 is 0 Å². The molecule has 0 radical (unpaired) electrons. The Bertz CT molecular complexity index is 1090. The Morgan fingerprint density at radius 3 is 2.09 bits per heavy atom. The average molecular weight is 445 g/mol. The number of likely N-dealkylation sites (N-methyl/N-ethyl adjacent to an activating group) is 1. The summed E-state index contributed by atoms with van der Waals surface area (Å²) in [4.78, 5) is 17.8. The highest BCUT2D eigenvalue weighted by atomic mass is 19.1. The van der Waals surface area contributed by atoms with Crippen LogP contribution in [0.5, 0.6) is 0 Å². The number of halogens is 1. The van der Waals surface area contributed by atoms with E-state index in [2.05, 4.69) is 29.2 Å². The van der Waals surface area contributed by atoms with E-state index < -0.39 is 11.4 Å². The number of carbonyl (C=O) groups is 1. The second-order valence-electron chi connectivity index (χ2n) is 9.44. The molecule has 5 heteroatoms. The molecule has 3 atom stereocenters. The van der Waals surface area contributed by atoms with Crippen LogP contribution in [0, 0.1) is 23.6 Å². The van der Waals surface area contributed by atoms with Gasteiger partial charge in [-0.15, -0.1) is 0 Å². The molecule has 1 amide bonds. The van der Waals surface area contributed by atoms with E-state index in [-0.39, 0.29) is 5.91 Å². The summed E-state index contributed by atoms with van der Waals surface area (Å²) in [5.74, 6) is 0.866. The third-order valence-corrected chi connectivity index (χ3v) is 7.29. The first-order valence-electron chi connectivity index (χ1n) is 11.5. The molecule has 0 aromatic heterocycles. The number of benzene rings is 3. The van der Waals surface area contributed by atoms with E-state index in [0.717, 1.165) is 19.6 Å². The van der Waals surface area contributed by atoms with Gasteiger partial charge in [-0.3, -0.25) is 9.69 Å². The van der Waals surface area contributed by atoms with Crippen LogP contribution in [0.2, 0.25) is 0 Å². The second-order valence-corrected chi connectivity index (χ2v) is 9.44. The van der Waals surface area contributed by atoms with Gasteiger partial charge in [0.25, 0.3) is 5.91 Å². The number of piperidine rings is 1. The molecule has 3 unspecified atom stereocenters. The fourth-order valence-electron chi connectivity index (χ4n) is 5.44. The van der Waals surface area contributed by atoms with Crippen LogP contribution in [0.25, 0.3) is 0 Å². The van der Waals surface area contributed by atoms with Gasteiger partial charge in [0.15, 0.2) is 5.60 Å². The highest BCUT2D eigenvalue weighted by Crippen LogP contribution is 2.52. The van der Waals surface area contributed by atoms with Crippen molar-refractivity contribution in [3.63, 3.8) is 0 Å². The Morgan fingerprint density at radius 1 is 0.939 bits per heavy atom. The van der Waals surface area contributed by atoms with Crippen molar-refractivity contribution in [2.45, 2.75) is 12.1 Å². The normalized spacial score (nSPS) is 23.5. The van der Waals surface area contributed by atoms with E-state index in [9.17, 15) is 14.3 Å². The molecular weight excluding hydrogens is 415 g/mol. The number of rotatable bonds is 7. The van der Waals surface area contributed by atoms with Crippen molar-refractivity contribution < 1.29 is 14.3 Å². The Morgan fingerprint density at radius 2 is 1.48 bits per heavy atom. The molecule has 1 aliphatic carbocycles. The largest absolute Gasteiger partial charge is 0.372 e. The van der Waals surface area contributed by atoms with Gasteiger partial charge in [-0.25, -0.2) is 4.39 Å². The van der Waals surface area contributed by atoms with Crippen LogP contribution in [-0.2, 0) is 16.9 Å². The zero-order valence-corrected chi connectivity index (χ0v) is 18.8. The molecule has 5 rings (SSSR count). The quantitative estimate of drug-likeness (QED) is 0.601. The molecule has 4 nitrogen and oxygen atoms in total. The molecule has 1 heterocycles. The highest BCUT2D eigenvalue weighted by molar-refractivity contribution is 5.90. The van der Waals surface area contributed by atoms with Crippen molar-refractivity contribution in [3.8, 4) is 0 Å². The van der Waals surface area contributed by atoms with Gasteiger partial charge in [0.2, 0.25) is 0 Å². The maximum atomic E-state index is 13.6. The SMILES string of the molecule is CN(CC1C2CN(Cc3ccccc3)CC21)C(=O)C(O)(c1ccccc1)c1ccc(F)cc1. The van der Waals surface area contributed by atoms with Crippen molar-refractivity contribution in [2.75, 3.05) is 26.7 Å². The number of fused-ring (bicyclic) bond motifs is 1. The van der Waals surface area contributed by atoms with Crippen molar-refractivity contribution in [1.82, 2.24) is 9.80 Å². The molecule has 2 aliphatic rings. The number of hydrogen-bond donors (Lipinski definition) is 1. The molecule has 1 saturated carbocycles. The maximum Gasteiger partial charge on any atom is 0.263 e. The Hall–Kier alpha value is -3.02. The van der Waals surface area contributed by atoms with E-state index in [0.29, 0.717) is 35.4 Å². The van der Waals surface area contributed by atoms with Gasteiger partial charge in [-0.05, 0) is 46.6 Å². The molecular formula is C28H29FN2O2. The Kier molecular flexibility index (Phi) is 5.77. The lowest BCUT2D eigenvalue weighted by atomic mass is 9.85. The highest BCUT2D eigenvalue weighted by Gasteiger charge is 2.56. The number of nitrogens with zero attached hydrogens (tertiary/aromatic N) is 2. The van der Waals surface area contributed by atoms with Gasteiger partial charge in [0, 0.05) is 33.2 Å². The molecule has 3 aromatic carbocycles. The van der Waals surface area contributed by atoms with E-state index in [1.807, 2.05) is 12.1 Å². The van der Waals surface area contributed by atoms with E-state index in [1.54, 1.807) is 36.2 Å². The summed E-state index contributed by atoms with van der Waals surface area (Å²) in [5.41, 5.74) is 0.331. The minimum absolute atomic E-state index is 0.372. The lowest BCUT2D eigenvalue weighted by molar-refractivity contribution is -0.147. The van der Waals surface area contributed by atoms with Crippen LogP contribution in [0.15, 0.2) is 84.9 Å². The van der Waals surface area contributed by atoms with Crippen molar-refractivity contribution in [1.29, 1.82) is 0 Å². The summed E-state index contributed by atoms with van der Waals surface area (Å²) in [7, 11) is 1.76. The van der Waals surface area contributed by atoms with Crippen LogP contribution in [0.3, 0.4) is 0 Å². The molecule has 0 spiro atoms. The Balaban J connectivity index is 1.27. The van der Waals surface area contributed by atoms with Crippen molar-refractivity contribution in [2.24, 2.45) is 17.8 Å². The minimum atomic E-state index is -1.85. The monoisotopic (exact) mass is 444 g/mol. The topological polar surface area (TPSA) is 43.8 Å². The minimum Gasteiger partial charge on any atom is -0.372 e. The number of hydrogen-bond acceptors (Lipinski definition) is 3. The van der Waals surface area contributed by atoms with Gasteiger partial charge in [-0.1, -0.05) is 72.8 Å². The average Bonchev–Trinajstić information content (AvgIpc) is 3.28. The van der Waals surface area contributed by atoms with Gasteiger partial charge in [-0.2, -0.15) is 0 Å². The summed E-state index contributed by atoms with van der Waals surface area (Å²) >= 11 is 0. The molecule has 0 bridgehead atoms. The van der Waals surface area contributed by atoms with Gasteiger partial charge < -0.3 is 10.0 Å². The zero-order chi connectivity index (χ0) is 23.0. The fraction of sp³-hybridized carbons (Fsp3) is 0.321. The van der Waals surface area contributed by atoms with Crippen molar-refractivity contribution >= 4 is 5.91 Å². The summed E-state index contributed by atoms with van der Waals surface area (Å²) in [5, 5.41) is 11.7. The van der Waals surface area contributed by atoms with E-state index >= 15 is 0 Å². The second kappa shape index (κ2) is 8.73. The molecule has 3 aromatic rings. The number of aliphatic hydroxyl groups is 1. The predicted molar refractivity (Wildman–Crippen MR) is 126 cm³/mol. The number of likely N-dealkylation sites (tertiary alicyclic amines) is 1. The molecule has 1 N–H and O–H groups in total. The first kappa shape index (κ1) is 21.8. The third kappa shape index (κ3) is 4.19. The van der Waals surface area contributed by atoms with Gasteiger partial charge in [0.05, 0.1) is 0 Å². The predicted octanol–water partition coefficient (Wildman–Crippen LogP) is 3.90. The zero-order valence-electron chi connectivity index (χ0n) is 18.8. The first-order valence-corrected chi connectivity index (χ1v) is 11.5. The molecule has 170 valence electrons. The van der Waals surface area contributed by atoms with E-state index in [4.69, 9.17) is 0 Å². The summed E-state index contributed by atoms with van der Waals surface area (Å²) in [6.07, 6.45) is 0. The smallest absolute Gasteiger partial charge is 0.263 e. The first-order chi connectivity index (χ1) is 16.0. The summed E-state index contributed by atoms with van der Waals surface area (Å²) in [6, 6.07) is 25.0. The van der Waals surface area contributed by atoms with Crippen LogP contribution in [-0.4, -0.2) is 47.5 Å². The van der Waals surface area contributed by atoms with Crippen molar-refractivity contribution in [3.05, 3.63) is 107 Å². The van der Waals surface area contributed by atoms with Crippen LogP contribution < -0.4 is 0 Å². The van der Waals surface area contributed by atoms with Crippen LogP contribution >= 0.6 is 0 Å². The summed E-state index contributed by atoms with van der Waals surface area (Å²) < 4.78 is 13.5. The maximum absolute atomic E-state index is 13.6.